The highest BCUT2D eigenvalue weighted by atomic mass is 35.5. The molecule has 0 aliphatic carbocycles. The summed E-state index contributed by atoms with van der Waals surface area (Å²) >= 11 is 5.84. The molecular formula is C19H20ClF2NO4S2. The van der Waals surface area contributed by atoms with Gasteiger partial charge < -0.3 is 0 Å². The quantitative estimate of drug-likeness (QED) is 0.676. The van der Waals surface area contributed by atoms with Gasteiger partial charge in [0.2, 0.25) is 10.0 Å². The lowest BCUT2D eigenvalue weighted by atomic mass is 9.90. The van der Waals surface area contributed by atoms with Crippen LogP contribution in [0.5, 0.6) is 0 Å². The van der Waals surface area contributed by atoms with Crippen LogP contribution >= 0.6 is 11.6 Å². The van der Waals surface area contributed by atoms with Crippen molar-refractivity contribution in [2.75, 3.05) is 19.3 Å². The van der Waals surface area contributed by atoms with E-state index in [9.17, 15) is 25.6 Å². The minimum atomic E-state index is -4.10. The Morgan fingerprint density at radius 3 is 2.14 bits per heavy atom. The van der Waals surface area contributed by atoms with Crippen LogP contribution in [0.2, 0.25) is 5.02 Å². The van der Waals surface area contributed by atoms with Crippen LogP contribution < -0.4 is 0 Å². The molecule has 158 valence electrons. The Morgan fingerprint density at radius 2 is 1.59 bits per heavy atom. The van der Waals surface area contributed by atoms with Crippen LogP contribution in [-0.2, 0) is 19.9 Å². The Hall–Kier alpha value is -1.55. The lowest BCUT2D eigenvalue weighted by Crippen LogP contribution is -2.40. The van der Waals surface area contributed by atoms with E-state index in [1.54, 1.807) is 0 Å². The number of halogens is 3. The molecule has 10 heteroatoms. The molecule has 1 heterocycles. The average Bonchev–Trinajstić information content (AvgIpc) is 2.65. The van der Waals surface area contributed by atoms with Gasteiger partial charge in [-0.2, -0.15) is 0 Å². The maximum absolute atomic E-state index is 14.6. The molecule has 0 bridgehead atoms. The molecule has 5 nitrogen and oxygen atoms in total. The van der Waals surface area contributed by atoms with Gasteiger partial charge in [0, 0.05) is 23.7 Å². The third kappa shape index (κ3) is 4.79. The molecular weight excluding hydrogens is 444 g/mol. The topological polar surface area (TPSA) is 71.5 Å². The molecule has 0 aromatic heterocycles. The highest BCUT2D eigenvalue weighted by Crippen LogP contribution is 2.41. The first-order valence-corrected chi connectivity index (χ1v) is 12.7. The fourth-order valence-electron chi connectivity index (χ4n) is 3.69. The van der Waals surface area contributed by atoms with Crippen molar-refractivity contribution in [3.8, 4) is 0 Å². The number of benzene rings is 2. The summed E-state index contributed by atoms with van der Waals surface area (Å²) in [6.07, 6.45) is 1.50. The van der Waals surface area contributed by atoms with E-state index in [1.807, 2.05) is 0 Å². The molecule has 1 saturated heterocycles. The van der Waals surface area contributed by atoms with Crippen LogP contribution in [-0.4, -0.2) is 40.5 Å². The molecule has 29 heavy (non-hydrogen) atoms. The van der Waals surface area contributed by atoms with E-state index in [0.717, 1.165) is 24.5 Å². The van der Waals surface area contributed by atoms with E-state index in [2.05, 4.69) is 0 Å². The Labute approximate surface area is 174 Å². The van der Waals surface area contributed by atoms with Crippen LogP contribution in [0.3, 0.4) is 0 Å². The summed E-state index contributed by atoms with van der Waals surface area (Å²) in [6.45, 7) is 0.236. The van der Waals surface area contributed by atoms with Gasteiger partial charge >= 0.3 is 0 Å². The maximum atomic E-state index is 14.6. The van der Waals surface area contributed by atoms with Crippen molar-refractivity contribution >= 4 is 31.5 Å². The normalized spacial score (nSPS) is 17.9. The smallest absolute Gasteiger partial charge is 0.211 e. The molecule has 0 saturated carbocycles. The summed E-state index contributed by atoms with van der Waals surface area (Å²) < 4.78 is 80.1. The zero-order valence-electron chi connectivity index (χ0n) is 15.6. The van der Waals surface area contributed by atoms with Gasteiger partial charge in [-0.05, 0) is 61.2 Å². The maximum Gasteiger partial charge on any atom is 0.211 e. The zero-order valence-corrected chi connectivity index (χ0v) is 17.9. The first-order chi connectivity index (χ1) is 13.5. The third-order valence-corrected chi connectivity index (χ3v) is 8.93. The molecule has 0 amide bonds. The van der Waals surface area contributed by atoms with E-state index in [-0.39, 0.29) is 36.4 Å². The van der Waals surface area contributed by atoms with Crippen molar-refractivity contribution in [1.82, 2.24) is 4.31 Å². The molecule has 1 atom stereocenters. The molecule has 0 radical (unpaired) electrons. The number of rotatable bonds is 5. The fraction of sp³-hybridized carbons (Fsp3) is 0.368. The molecule has 1 aliphatic heterocycles. The number of piperidine rings is 1. The van der Waals surface area contributed by atoms with E-state index in [4.69, 9.17) is 11.6 Å². The second kappa shape index (κ2) is 8.29. The van der Waals surface area contributed by atoms with E-state index in [0.29, 0.717) is 5.02 Å². The first-order valence-electron chi connectivity index (χ1n) is 8.89. The van der Waals surface area contributed by atoms with Crippen LogP contribution in [0.15, 0.2) is 47.4 Å². The Bertz CT molecular complexity index is 1100. The Morgan fingerprint density at radius 1 is 1.00 bits per heavy atom. The monoisotopic (exact) mass is 463 g/mol. The molecule has 2 aromatic carbocycles. The van der Waals surface area contributed by atoms with Gasteiger partial charge in [-0.1, -0.05) is 11.6 Å². The van der Waals surface area contributed by atoms with Gasteiger partial charge in [0.1, 0.15) is 11.6 Å². The lowest BCUT2D eigenvalue weighted by molar-refractivity contribution is 0.265. The lowest BCUT2D eigenvalue weighted by Gasteiger charge is -2.35. The van der Waals surface area contributed by atoms with Crippen molar-refractivity contribution in [3.63, 3.8) is 0 Å². The summed E-state index contributed by atoms with van der Waals surface area (Å²) in [7, 11) is -7.51. The van der Waals surface area contributed by atoms with Crippen molar-refractivity contribution in [2.24, 2.45) is 5.92 Å². The molecule has 3 rings (SSSR count). The van der Waals surface area contributed by atoms with Crippen molar-refractivity contribution in [1.29, 1.82) is 0 Å². The van der Waals surface area contributed by atoms with Gasteiger partial charge in [-0.3, -0.25) is 0 Å². The van der Waals surface area contributed by atoms with Crippen LogP contribution in [0.1, 0.15) is 23.7 Å². The summed E-state index contributed by atoms with van der Waals surface area (Å²) in [5.41, 5.74) is -0.252. The second-order valence-corrected chi connectivity index (χ2v) is 11.6. The van der Waals surface area contributed by atoms with Crippen molar-refractivity contribution < 1.29 is 25.6 Å². The fourth-order valence-corrected chi connectivity index (χ4v) is 6.79. The number of hydrogen-bond donors (Lipinski definition) is 0. The van der Waals surface area contributed by atoms with Gasteiger partial charge in [0.05, 0.1) is 16.4 Å². The van der Waals surface area contributed by atoms with E-state index in [1.165, 1.54) is 28.6 Å². The number of sulfone groups is 1. The Balaban J connectivity index is 2.06. The van der Waals surface area contributed by atoms with E-state index >= 15 is 0 Å². The predicted octanol–water partition coefficient (Wildman–Crippen LogP) is 3.80. The van der Waals surface area contributed by atoms with Gasteiger partial charge in [0.25, 0.3) is 0 Å². The van der Waals surface area contributed by atoms with Gasteiger partial charge in [-0.15, -0.1) is 0 Å². The van der Waals surface area contributed by atoms with Crippen molar-refractivity contribution in [2.45, 2.75) is 23.0 Å². The highest BCUT2D eigenvalue weighted by molar-refractivity contribution is 7.91. The molecule has 0 N–H and O–H groups in total. The van der Waals surface area contributed by atoms with Gasteiger partial charge in [-0.25, -0.2) is 29.9 Å². The third-order valence-electron chi connectivity index (χ3n) is 5.14. The largest absolute Gasteiger partial charge is 0.223 e. The summed E-state index contributed by atoms with van der Waals surface area (Å²) in [5, 5.41) is -1.00. The predicted molar refractivity (Wildman–Crippen MR) is 107 cm³/mol. The zero-order chi connectivity index (χ0) is 21.4. The van der Waals surface area contributed by atoms with Crippen LogP contribution in [0.4, 0.5) is 8.78 Å². The molecule has 0 spiro atoms. The minimum absolute atomic E-state index is 0.0545. The molecule has 1 aliphatic rings. The molecule has 1 unspecified atom stereocenters. The average molecular weight is 464 g/mol. The second-order valence-electron chi connectivity index (χ2n) is 7.08. The van der Waals surface area contributed by atoms with Crippen LogP contribution in [0.25, 0.3) is 0 Å². The van der Waals surface area contributed by atoms with Crippen molar-refractivity contribution in [3.05, 3.63) is 64.7 Å². The summed E-state index contributed by atoms with van der Waals surface area (Å²) in [6, 6.07) is 8.22. The SMILES string of the molecule is CS(=O)(=O)N1CCC(C(c2cc(F)ccc2F)S(=O)(=O)c2ccc(Cl)cc2)CC1. The molecule has 1 fully saturated rings. The Kier molecular flexibility index (Phi) is 6.33. The van der Waals surface area contributed by atoms with E-state index < -0.39 is 42.7 Å². The summed E-state index contributed by atoms with van der Waals surface area (Å²) in [4.78, 5) is -0.0545. The van der Waals surface area contributed by atoms with Gasteiger partial charge in [0.15, 0.2) is 9.84 Å². The number of nitrogens with zero attached hydrogens (tertiary/aromatic N) is 1. The molecule has 2 aromatic rings. The first kappa shape index (κ1) is 22.1. The standard InChI is InChI=1S/C19H20ClF2NO4S2/c1-28(24,25)23-10-8-13(9-11-23)19(17-12-15(21)4-7-18(17)22)29(26,27)16-5-2-14(20)3-6-16/h2-7,12-13,19H,8-11H2,1H3. The number of hydrogen-bond acceptors (Lipinski definition) is 4. The highest BCUT2D eigenvalue weighted by Gasteiger charge is 2.40. The summed E-state index contributed by atoms with van der Waals surface area (Å²) in [5.74, 6) is -2.14. The van der Waals surface area contributed by atoms with Crippen LogP contribution in [0, 0.1) is 17.6 Å². The minimum Gasteiger partial charge on any atom is -0.223 e. The number of sulfonamides is 1.